The van der Waals surface area contributed by atoms with Crippen molar-refractivity contribution in [2.24, 2.45) is 5.92 Å². The number of piperazine rings is 1. The molecule has 2 aromatic rings. The lowest BCUT2D eigenvalue weighted by molar-refractivity contribution is -0.136. The molecule has 0 aliphatic carbocycles. The Hall–Kier alpha value is -3.20. The summed E-state index contributed by atoms with van der Waals surface area (Å²) in [6.45, 7) is 3.91. The summed E-state index contributed by atoms with van der Waals surface area (Å²) in [6.07, 6.45) is 0.268. The Balaban J connectivity index is 1.29. The van der Waals surface area contributed by atoms with Crippen LogP contribution >= 0.6 is 0 Å². The second-order valence-electron chi connectivity index (χ2n) is 7.62. The molecule has 9 nitrogen and oxygen atoms in total. The number of benzene rings is 1. The van der Waals surface area contributed by atoms with Gasteiger partial charge in [-0.05, 0) is 18.2 Å². The number of hydrogen-bond donors (Lipinski definition) is 0. The highest BCUT2D eigenvalue weighted by Gasteiger charge is 2.38. The summed E-state index contributed by atoms with van der Waals surface area (Å²) in [5.41, 5.74) is 0.848. The molecule has 3 heterocycles. The number of rotatable bonds is 7. The number of amides is 2. The summed E-state index contributed by atoms with van der Waals surface area (Å²) in [4.78, 5) is 31.1. The molecule has 1 aromatic heterocycles. The summed E-state index contributed by atoms with van der Waals surface area (Å²) in [6, 6.07) is 13.2. The van der Waals surface area contributed by atoms with Gasteiger partial charge in [-0.25, -0.2) is 0 Å². The lowest BCUT2D eigenvalue weighted by atomic mass is 10.1. The average Bonchev–Trinajstić information content (AvgIpc) is 3.21. The normalized spacial score (nSPS) is 19.1. The molecule has 0 saturated carbocycles. The third-order valence-corrected chi connectivity index (χ3v) is 5.62. The van der Waals surface area contributed by atoms with E-state index in [4.69, 9.17) is 9.47 Å². The van der Waals surface area contributed by atoms with Crippen molar-refractivity contribution in [3.63, 3.8) is 0 Å². The number of ether oxygens (including phenoxy) is 2. The number of para-hydroxylation sites is 1. The van der Waals surface area contributed by atoms with Crippen molar-refractivity contribution in [1.29, 1.82) is 0 Å². The highest BCUT2D eigenvalue weighted by molar-refractivity contribution is 6.00. The number of carbonyl (C=O) groups excluding carboxylic acids is 2. The van der Waals surface area contributed by atoms with Crippen molar-refractivity contribution in [1.82, 2.24) is 15.1 Å². The fourth-order valence-electron chi connectivity index (χ4n) is 3.93. The monoisotopic (exact) mass is 425 g/mol. The van der Waals surface area contributed by atoms with Crippen LogP contribution < -0.4 is 14.5 Å². The summed E-state index contributed by atoms with van der Waals surface area (Å²) in [5, 5.41) is 8.33. The van der Waals surface area contributed by atoms with Crippen molar-refractivity contribution in [3.05, 3.63) is 42.5 Å². The molecule has 164 valence electrons. The molecule has 1 unspecified atom stereocenters. The zero-order valence-corrected chi connectivity index (χ0v) is 17.6. The second kappa shape index (κ2) is 9.74. The summed E-state index contributed by atoms with van der Waals surface area (Å²) in [5.74, 6) is 0.995. The highest BCUT2D eigenvalue weighted by atomic mass is 16.5. The van der Waals surface area contributed by atoms with Gasteiger partial charge in [0, 0.05) is 58.0 Å². The Kier molecular flexibility index (Phi) is 6.61. The lowest BCUT2D eigenvalue weighted by Crippen LogP contribution is -2.51. The van der Waals surface area contributed by atoms with Crippen LogP contribution in [-0.2, 0) is 14.3 Å². The van der Waals surface area contributed by atoms with Crippen molar-refractivity contribution < 1.29 is 19.1 Å². The van der Waals surface area contributed by atoms with E-state index < -0.39 is 0 Å². The van der Waals surface area contributed by atoms with Gasteiger partial charge in [-0.15, -0.1) is 10.2 Å². The molecule has 0 N–H and O–H groups in total. The fraction of sp³-hybridized carbons (Fsp3) is 0.455. The number of aromatic nitrogens is 2. The maximum Gasteiger partial charge on any atom is 0.233 e. The molecule has 1 atom stereocenters. The number of anilines is 2. The number of methoxy groups -OCH3 is 1. The Morgan fingerprint density at radius 3 is 2.48 bits per heavy atom. The SMILES string of the molecule is COCCOc1ccc(N2CCN(C(=O)C3CC(=O)N(c4ccccc4)C3)CC2)nn1. The minimum atomic E-state index is -0.289. The molecule has 0 spiro atoms. The van der Waals surface area contributed by atoms with Crippen LogP contribution in [0.25, 0.3) is 0 Å². The molecule has 4 rings (SSSR count). The van der Waals surface area contributed by atoms with Crippen LogP contribution in [0.15, 0.2) is 42.5 Å². The van der Waals surface area contributed by atoms with Gasteiger partial charge in [-0.2, -0.15) is 0 Å². The van der Waals surface area contributed by atoms with Gasteiger partial charge < -0.3 is 24.2 Å². The fourth-order valence-corrected chi connectivity index (χ4v) is 3.93. The van der Waals surface area contributed by atoms with Gasteiger partial charge in [0.15, 0.2) is 5.82 Å². The first-order valence-electron chi connectivity index (χ1n) is 10.5. The highest BCUT2D eigenvalue weighted by Crippen LogP contribution is 2.26. The Morgan fingerprint density at radius 1 is 1.03 bits per heavy atom. The molecule has 2 aliphatic rings. The third-order valence-electron chi connectivity index (χ3n) is 5.62. The molecule has 0 radical (unpaired) electrons. The molecular formula is C22H27N5O4. The first-order chi connectivity index (χ1) is 15.2. The molecule has 31 heavy (non-hydrogen) atoms. The van der Waals surface area contributed by atoms with Gasteiger partial charge >= 0.3 is 0 Å². The van der Waals surface area contributed by atoms with E-state index in [1.165, 1.54) is 0 Å². The van der Waals surface area contributed by atoms with Crippen molar-refractivity contribution >= 4 is 23.3 Å². The summed E-state index contributed by atoms with van der Waals surface area (Å²) in [7, 11) is 1.62. The van der Waals surface area contributed by atoms with Gasteiger partial charge in [-0.3, -0.25) is 9.59 Å². The van der Waals surface area contributed by atoms with E-state index in [1.807, 2.05) is 41.3 Å². The van der Waals surface area contributed by atoms with Crippen molar-refractivity contribution in [2.75, 3.05) is 62.8 Å². The first-order valence-corrected chi connectivity index (χ1v) is 10.5. The molecule has 1 aromatic carbocycles. The van der Waals surface area contributed by atoms with E-state index in [-0.39, 0.29) is 24.2 Å². The second-order valence-corrected chi connectivity index (χ2v) is 7.62. The predicted octanol–water partition coefficient (Wildman–Crippen LogP) is 1.20. The van der Waals surface area contributed by atoms with Gasteiger partial charge in [-0.1, -0.05) is 18.2 Å². The minimum absolute atomic E-state index is 0.00580. The average molecular weight is 425 g/mol. The molecule has 0 bridgehead atoms. The van der Waals surface area contributed by atoms with Crippen LogP contribution in [-0.4, -0.2) is 80.0 Å². The van der Waals surface area contributed by atoms with Gasteiger partial charge in [0.25, 0.3) is 0 Å². The predicted molar refractivity (Wildman–Crippen MR) is 115 cm³/mol. The van der Waals surface area contributed by atoms with Gasteiger partial charge in [0.2, 0.25) is 17.7 Å². The number of carbonyl (C=O) groups is 2. The zero-order valence-electron chi connectivity index (χ0n) is 17.6. The van der Waals surface area contributed by atoms with E-state index in [2.05, 4.69) is 15.1 Å². The largest absolute Gasteiger partial charge is 0.474 e. The first kappa shape index (κ1) is 21.0. The summed E-state index contributed by atoms with van der Waals surface area (Å²) >= 11 is 0. The minimum Gasteiger partial charge on any atom is -0.474 e. The molecular weight excluding hydrogens is 398 g/mol. The van der Waals surface area contributed by atoms with E-state index in [0.717, 1.165) is 11.5 Å². The Labute approximate surface area is 181 Å². The van der Waals surface area contributed by atoms with Crippen LogP contribution in [0.2, 0.25) is 0 Å². The maximum absolute atomic E-state index is 13.0. The van der Waals surface area contributed by atoms with Crippen LogP contribution in [0.3, 0.4) is 0 Å². The number of hydrogen-bond acceptors (Lipinski definition) is 7. The smallest absolute Gasteiger partial charge is 0.233 e. The van der Waals surface area contributed by atoms with Crippen LogP contribution in [0.4, 0.5) is 11.5 Å². The van der Waals surface area contributed by atoms with Crippen LogP contribution in [0, 0.1) is 5.92 Å². The van der Waals surface area contributed by atoms with E-state index >= 15 is 0 Å². The topological polar surface area (TPSA) is 88.1 Å². The Morgan fingerprint density at radius 2 is 1.81 bits per heavy atom. The van der Waals surface area contributed by atoms with E-state index in [9.17, 15) is 9.59 Å². The molecule has 9 heteroatoms. The third kappa shape index (κ3) is 4.93. The van der Waals surface area contributed by atoms with Gasteiger partial charge in [0.1, 0.15) is 6.61 Å². The maximum atomic E-state index is 13.0. The van der Waals surface area contributed by atoms with E-state index in [1.54, 1.807) is 18.1 Å². The van der Waals surface area contributed by atoms with Gasteiger partial charge in [0.05, 0.1) is 12.5 Å². The standard InChI is InChI=1S/C22H27N5O4/c1-30-13-14-31-20-8-7-19(23-24-20)25-9-11-26(12-10-25)22(29)17-15-21(28)27(16-17)18-5-3-2-4-6-18/h2-8,17H,9-16H2,1H3. The van der Waals surface area contributed by atoms with Crippen LogP contribution in [0.1, 0.15) is 6.42 Å². The van der Waals surface area contributed by atoms with Crippen molar-refractivity contribution in [2.45, 2.75) is 6.42 Å². The zero-order chi connectivity index (χ0) is 21.6. The summed E-state index contributed by atoms with van der Waals surface area (Å²) < 4.78 is 10.4. The molecule has 2 amide bonds. The van der Waals surface area contributed by atoms with Crippen LogP contribution in [0.5, 0.6) is 5.88 Å². The quantitative estimate of drug-likeness (QED) is 0.616. The molecule has 2 aliphatic heterocycles. The Bertz CT molecular complexity index is 885. The lowest BCUT2D eigenvalue weighted by Gasteiger charge is -2.36. The van der Waals surface area contributed by atoms with Crippen molar-refractivity contribution in [3.8, 4) is 5.88 Å². The molecule has 2 saturated heterocycles. The number of nitrogens with zero attached hydrogens (tertiary/aromatic N) is 5. The van der Waals surface area contributed by atoms with E-state index in [0.29, 0.717) is 51.8 Å². The molecule has 2 fully saturated rings.